The molecule has 164 valence electrons. The van der Waals surface area contributed by atoms with Gasteiger partial charge in [-0.1, -0.05) is 25.0 Å². The number of aryl methyl sites for hydroxylation is 2. The van der Waals surface area contributed by atoms with Crippen LogP contribution in [0.1, 0.15) is 66.0 Å². The van der Waals surface area contributed by atoms with E-state index in [2.05, 4.69) is 4.98 Å². The van der Waals surface area contributed by atoms with E-state index >= 15 is 0 Å². The molecule has 1 aliphatic carbocycles. The van der Waals surface area contributed by atoms with Crippen LogP contribution in [0.4, 0.5) is 13.2 Å². The highest BCUT2D eigenvalue weighted by atomic mass is 19.4. The molecule has 1 N–H and O–H groups in total. The number of benzene rings is 2. The number of fused-ring (bicyclic) bond motifs is 1. The first-order chi connectivity index (χ1) is 14.9. The number of hydrogen-bond acceptors (Lipinski definition) is 2. The van der Waals surface area contributed by atoms with Gasteiger partial charge in [-0.3, -0.25) is 0 Å². The molecule has 0 amide bonds. The topological polar surface area (TPSA) is 42.1 Å². The molecule has 0 radical (unpaired) electrons. The van der Waals surface area contributed by atoms with E-state index < -0.39 is 11.7 Å². The number of nitrogens with one attached hydrogen (secondary N) is 1. The van der Waals surface area contributed by atoms with Crippen molar-refractivity contribution in [3.05, 3.63) is 64.3 Å². The summed E-state index contributed by atoms with van der Waals surface area (Å²) in [5.41, 5.74) is 3.41. The van der Waals surface area contributed by atoms with Crippen molar-refractivity contribution in [2.75, 3.05) is 0 Å². The molecule has 31 heavy (non-hydrogen) atoms. The van der Waals surface area contributed by atoms with E-state index in [1.54, 1.807) is 18.2 Å². The second-order valence-electron chi connectivity index (χ2n) is 8.33. The van der Waals surface area contributed by atoms with E-state index in [-0.39, 0.29) is 12.5 Å². The van der Waals surface area contributed by atoms with Crippen LogP contribution in [0.2, 0.25) is 0 Å². The van der Waals surface area contributed by atoms with Crippen molar-refractivity contribution in [2.24, 2.45) is 0 Å². The number of rotatable bonds is 7. The van der Waals surface area contributed by atoms with Gasteiger partial charge in [0.1, 0.15) is 18.6 Å². The summed E-state index contributed by atoms with van der Waals surface area (Å²) in [7, 11) is 0. The van der Waals surface area contributed by atoms with E-state index in [1.165, 1.54) is 6.07 Å². The number of alkyl halides is 3. The maximum atomic E-state index is 13.7. The second kappa shape index (κ2) is 8.77. The summed E-state index contributed by atoms with van der Waals surface area (Å²) < 4.78 is 46.9. The minimum atomic E-state index is -4.37. The van der Waals surface area contributed by atoms with Crippen molar-refractivity contribution >= 4 is 17.2 Å². The zero-order valence-electron chi connectivity index (χ0n) is 17.5. The molecular weight excluding hydrogens is 403 g/mol. The molecular formula is C25H26F3NO2. The third-order valence-electron chi connectivity index (χ3n) is 6.27. The standard InChI is InChI=1S/C25H26F3NO2/c1-16-21-14-19(9-11-24(21)29-23(16)7-4-12-30)31-15-17-8-10-20(18-5-2-3-6-18)22(13-17)25(26,27)28/h8-14,18,29H,2-7,15H2,1H3. The van der Waals surface area contributed by atoms with Crippen molar-refractivity contribution in [2.45, 2.75) is 64.1 Å². The van der Waals surface area contributed by atoms with Crippen LogP contribution in [0.15, 0.2) is 36.4 Å². The van der Waals surface area contributed by atoms with Gasteiger partial charge in [-0.15, -0.1) is 0 Å². The van der Waals surface area contributed by atoms with Gasteiger partial charge in [-0.25, -0.2) is 0 Å². The number of halogens is 3. The fourth-order valence-corrected chi connectivity index (χ4v) is 4.60. The van der Waals surface area contributed by atoms with E-state index in [1.807, 2.05) is 19.1 Å². The predicted octanol–water partition coefficient (Wildman–Crippen LogP) is 6.86. The lowest BCUT2D eigenvalue weighted by Gasteiger charge is -2.19. The number of ether oxygens (including phenoxy) is 1. The Morgan fingerprint density at radius 2 is 1.90 bits per heavy atom. The van der Waals surface area contributed by atoms with Gasteiger partial charge < -0.3 is 14.5 Å². The summed E-state index contributed by atoms with van der Waals surface area (Å²) >= 11 is 0. The number of H-pyrrole nitrogens is 1. The molecule has 1 aromatic heterocycles. The van der Waals surface area contributed by atoms with Gasteiger partial charge in [0.15, 0.2) is 0 Å². The fraction of sp³-hybridized carbons (Fsp3) is 0.400. The number of carbonyl (C=O) groups is 1. The van der Waals surface area contributed by atoms with E-state index in [4.69, 9.17) is 4.74 Å². The van der Waals surface area contributed by atoms with Crippen molar-refractivity contribution in [3.8, 4) is 5.75 Å². The SMILES string of the molecule is Cc1c(CCC=O)[nH]c2ccc(OCc3ccc(C4CCCC4)c(C(F)(F)F)c3)cc12. The van der Waals surface area contributed by atoms with E-state index in [0.717, 1.165) is 54.1 Å². The summed E-state index contributed by atoms with van der Waals surface area (Å²) in [6.45, 7) is 2.06. The summed E-state index contributed by atoms with van der Waals surface area (Å²) in [5.74, 6) is 0.601. The third-order valence-corrected chi connectivity index (χ3v) is 6.27. The summed E-state index contributed by atoms with van der Waals surface area (Å²) in [6.07, 6.45) is 1.26. The lowest BCUT2D eigenvalue weighted by Crippen LogP contribution is -2.12. The highest BCUT2D eigenvalue weighted by Gasteiger charge is 2.36. The predicted molar refractivity (Wildman–Crippen MR) is 114 cm³/mol. The van der Waals surface area contributed by atoms with Crippen LogP contribution in [-0.2, 0) is 24.0 Å². The first-order valence-electron chi connectivity index (χ1n) is 10.7. The van der Waals surface area contributed by atoms with Gasteiger partial charge in [0, 0.05) is 23.0 Å². The summed E-state index contributed by atoms with van der Waals surface area (Å²) in [6, 6.07) is 10.2. The Hall–Kier alpha value is -2.76. The molecule has 2 aromatic carbocycles. The Morgan fingerprint density at radius 1 is 1.13 bits per heavy atom. The zero-order chi connectivity index (χ0) is 22.0. The Labute approximate surface area is 179 Å². The molecule has 0 spiro atoms. The molecule has 1 heterocycles. The largest absolute Gasteiger partial charge is 0.489 e. The van der Waals surface area contributed by atoms with Crippen LogP contribution in [0.25, 0.3) is 10.9 Å². The average Bonchev–Trinajstić information content (AvgIpc) is 3.39. The quantitative estimate of drug-likeness (QED) is 0.417. The summed E-state index contributed by atoms with van der Waals surface area (Å²) in [5, 5.41) is 0.992. The normalized spacial score (nSPS) is 15.0. The smallest absolute Gasteiger partial charge is 0.416 e. The molecule has 3 aromatic rings. The maximum Gasteiger partial charge on any atom is 0.416 e. The number of aromatic nitrogens is 1. The van der Waals surface area contributed by atoms with Crippen LogP contribution in [0, 0.1) is 6.92 Å². The minimum Gasteiger partial charge on any atom is -0.489 e. The van der Waals surface area contributed by atoms with Gasteiger partial charge in [0.05, 0.1) is 5.56 Å². The summed E-state index contributed by atoms with van der Waals surface area (Å²) in [4.78, 5) is 14.0. The molecule has 1 aliphatic rings. The van der Waals surface area contributed by atoms with Crippen molar-refractivity contribution in [1.29, 1.82) is 0 Å². The van der Waals surface area contributed by atoms with Crippen molar-refractivity contribution in [3.63, 3.8) is 0 Å². The lowest BCUT2D eigenvalue weighted by molar-refractivity contribution is -0.138. The average molecular weight is 429 g/mol. The van der Waals surface area contributed by atoms with Gasteiger partial charge >= 0.3 is 6.18 Å². The van der Waals surface area contributed by atoms with E-state index in [0.29, 0.717) is 29.7 Å². The second-order valence-corrected chi connectivity index (χ2v) is 8.33. The van der Waals surface area contributed by atoms with Crippen LogP contribution >= 0.6 is 0 Å². The van der Waals surface area contributed by atoms with Crippen LogP contribution in [0.3, 0.4) is 0 Å². The number of aldehydes is 1. The molecule has 0 unspecified atom stereocenters. The Kier molecular flexibility index (Phi) is 6.08. The molecule has 0 aliphatic heterocycles. The first-order valence-corrected chi connectivity index (χ1v) is 10.7. The molecule has 0 saturated heterocycles. The molecule has 4 rings (SSSR count). The monoisotopic (exact) mass is 429 g/mol. The first kappa shape index (κ1) is 21.5. The van der Waals surface area contributed by atoms with Gasteiger partial charge in [0.2, 0.25) is 0 Å². The highest BCUT2D eigenvalue weighted by Crippen LogP contribution is 2.42. The third kappa shape index (κ3) is 4.63. The fourth-order valence-electron chi connectivity index (χ4n) is 4.60. The van der Waals surface area contributed by atoms with Crippen molar-refractivity contribution < 1.29 is 22.7 Å². The molecule has 0 bridgehead atoms. The zero-order valence-corrected chi connectivity index (χ0v) is 17.5. The Bertz CT molecular complexity index is 1080. The molecule has 3 nitrogen and oxygen atoms in total. The molecule has 6 heteroatoms. The number of carbonyl (C=O) groups excluding carboxylic acids is 1. The molecule has 0 atom stereocenters. The van der Waals surface area contributed by atoms with Crippen LogP contribution in [0.5, 0.6) is 5.75 Å². The lowest BCUT2D eigenvalue weighted by atomic mass is 9.91. The maximum absolute atomic E-state index is 13.7. The van der Waals surface area contributed by atoms with Gasteiger partial charge in [-0.05, 0) is 73.1 Å². The Morgan fingerprint density at radius 3 is 2.61 bits per heavy atom. The number of aromatic amines is 1. The van der Waals surface area contributed by atoms with Gasteiger partial charge in [0.25, 0.3) is 0 Å². The minimum absolute atomic E-state index is 0.000947. The highest BCUT2D eigenvalue weighted by molar-refractivity contribution is 5.85. The van der Waals surface area contributed by atoms with Crippen LogP contribution in [-0.4, -0.2) is 11.3 Å². The molecule has 1 saturated carbocycles. The van der Waals surface area contributed by atoms with E-state index in [9.17, 15) is 18.0 Å². The number of hydrogen-bond donors (Lipinski definition) is 1. The molecule has 1 fully saturated rings. The van der Waals surface area contributed by atoms with Crippen LogP contribution < -0.4 is 4.74 Å². The van der Waals surface area contributed by atoms with Crippen molar-refractivity contribution in [1.82, 2.24) is 4.98 Å². The Balaban J connectivity index is 1.53. The van der Waals surface area contributed by atoms with Gasteiger partial charge in [-0.2, -0.15) is 13.2 Å².